The Morgan fingerprint density at radius 1 is 1.42 bits per heavy atom. The molecular weight excluding hydrogens is 283 g/mol. The molecule has 0 bridgehead atoms. The predicted molar refractivity (Wildman–Crippen MR) is 79.5 cm³/mol. The molecule has 1 aliphatic heterocycles. The minimum atomic E-state index is 0.390. The van der Waals surface area contributed by atoms with Gasteiger partial charge in [0.15, 0.2) is 0 Å². The number of likely N-dealkylation sites (tertiary alicyclic amines) is 1. The van der Waals surface area contributed by atoms with E-state index in [2.05, 4.69) is 10.1 Å². The summed E-state index contributed by atoms with van der Waals surface area (Å²) in [6.07, 6.45) is 3.10. The molecule has 104 valence electrons. The number of oxime groups is 1. The van der Waals surface area contributed by atoms with E-state index in [1.54, 1.807) is 0 Å². The zero-order valence-electron chi connectivity index (χ0n) is 10.9. The van der Waals surface area contributed by atoms with E-state index in [1.807, 2.05) is 25.1 Å². The summed E-state index contributed by atoms with van der Waals surface area (Å²) in [7, 11) is 0. The molecule has 1 aliphatic rings. The number of nitrogens with zero attached hydrogens (tertiary/aromatic N) is 2. The van der Waals surface area contributed by atoms with Crippen molar-refractivity contribution in [3.05, 3.63) is 33.8 Å². The minimum absolute atomic E-state index is 0.390. The van der Waals surface area contributed by atoms with Crippen LogP contribution in [0.4, 0.5) is 0 Å². The lowest BCUT2D eigenvalue weighted by Crippen LogP contribution is -2.25. The van der Waals surface area contributed by atoms with E-state index >= 15 is 0 Å². The van der Waals surface area contributed by atoms with Gasteiger partial charge in [0.25, 0.3) is 0 Å². The molecular formula is C14H18Cl2N2O. The zero-order valence-corrected chi connectivity index (χ0v) is 12.5. The SMILES string of the molecule is C/C(CCN1CCCC1c1ccc(Cl)c(Cl)c1)=N\O. The van der Waals surface area contributed by atoms with Gasteiger partial charge in [0.05, 0.1) is 15.8 Å². The second kappa shape index (κ2) is 6.60. The molecule has 0 aliphatic carbocycles. The third kappa shape index (κ3) is 3.62. The lowest BCUT2D eigenvalue weighted by molar-refractivity contribution is 0.262. The molecule has 1 aromatic carbocycles. The van der Waals surface area contributed by atoms with Crippen LogP contribution in [0.25, 0.3) is 0 Å². The highest BCUT2D eigenvalue weighted by Crippen LogP contribution is 2.34. The summed E-state index contributed by atoms with van der Waals surface area (Å²) in [5.74, 6) is 0. The molecule has 0 radical (unpaired) electrons. The summed E-state index contributed by atoms with van der Waals surface area (Å²) in [5, 5.41) is 13.1. The Kier molecular flexibility index (Phi) is 5.08. The summed E-state index contributed by atoms with van der Waals surface area (Å²) < 4.78 is 0. The van der Waals surface area contributed by atoms with Gasteiger partial charge < -0.3 is 5.21 Å². The van der Waals surface area contributed by atoms with Crippen LogP contribution >= 0.6 is 23.2 Å². The maximum Gasteiger partial charge on any atom is 0.0595 e. The zero-order chi connectivity index (χ0) is 13.8. The molecule has 1 aromatic rings. The Morgan fingerprint density at radius 2 is 2.21 bits per heavy atom. The highest BCUT2D eigenvalue weighted by Gasteiger charge is 2.26. The first kappa shape index (κ1) is 14.6. The molecule has 0 amide bonds. The van der Waals surface area contributed by atoms with Crippen LogP contribution in [-0.4, -0.2) is 28.9 Å². The van der Waals surface area contributed by atoms with Crippen LogP contribution in [0.2, 0.25) is 10.0 Å². The largest absolute Gasteiger partial charge is 0.411 e. The molecule has 0 spiro atoms. The second-order valence-electron chi connectivity index (χ2n) is 4.95. The first-order valence-corrected chi connectivity index (χ1v) is 7.24. The van der Waals surface area contributed by atoms with Crippen molar-refractivity contribution in [3.63, 3.8) is 0 Å². The Bertz CT molecular complexity index is 477. The average Bonchev–Trinajstić information content (AvgIpc) is 2.87. The molecule has 1 atom stereocenters. The summed E-state index contributed by atoms with van der Waals surface area (Å²) >= 11 is 12.0. The van der Waals surface area contributed by atoms with Crippen LogP contribution in [0.1, 0.15) is 37.8 Å². The smallest absolute Gasteiger partial charge is 0.0595 e. The van der Waals surface area contributed by atoms with Gasteiger partial charge in [-0.25, -0.2) is 0 Å². The van der Waals surface area contributed by atoms with Crippen molar-refractivity contribution in [2.75, 3.05) is 13.1 Å². The fourth-order valence-electron chi connectivity index (χ4n) is 2.55. The van der Waals surface area contributed by atoms with Crippen molar-refractivity contribution in [2.24, 2.45) is 5.16 Å². The van der Waals surface area contributed by atoms with E-state index < -0.39 is 0 Å². The molecule has 1 fully saturated rings. The number of rotatable bonds is 4. The Balaban J connectivity index is 2.07. The van der Waals surface area contributed by atoms with E-state index in [-0.39, 0.29) is 0 Å². The average molecular weight is 301 g/mol. The van der Waals surface area contributed by atoms with Crippen LogP contribution in [0, 0.1) is 0 Å². The lowest BCUT2D eigenvalue weighted by Gasteiger charge is -2.24. The molecule has 1 N–H and O–H groups in total. The number of hydrogen-bond acceptors (Lipinski definition) is 3. The Morgan fingerprint density at radius 3 is 2.89 bits per heavy atom. The summed E-state index contributed by atoms with van der Waals surface area (Å²) in [5.41, 5.74) is 1.98. The maximum absolute atomic E-state index is 8.70. The quantitative estimate of drug-likeness (QED) is 0.509. The first-order valence-electron chi connectivity index (χ1n) is 6.48. The second-order valence-corrected chi connectivity index (χ2v) is 5.77. The van der Waals surface area contributed by atoms with E-state index in [9.17, 15) is 0 Å². The molecule has 2 rings (SSSR count). The van der Waals surface area contributed by atoms with Crippen LogP contribution in [-0.2, 0) is 0 Å². The fraction of sp³-hybridized carbons (Fsp3) is 0.500. The highest BCUT2D eigenvalue weighted by molar-refractivity contribution is 6.42. The van der Waals surface area contributed by atoms with Crippen LogP contribution in [0.15, 0.2) is 23.4 Å². The van der Waals surface area contributed by atoms with Crippen molar-refractivity contribution >= 4 is 28.9 Å². The van der Waals surface area contributed by atoms with Crippen molar-refractivity contribution in [2.45, 2.75) is 32.2 Å². The predicted octanol–water partition coefficient (Wildman–Crippen LogP) is 4.37. The number of benzene rings is 1. The van der Waals surface area contributed by atoms with Gasteiger partial charge in [-0.1, -0.05) is 34.4 Å². The summed E-state index contributed by atoms with van der Waals surface area (Å²) in [4.78, 5) is 2.41. The van der Waals surface area contributed by atoms with Gasteiger partial charge >= 0.3 is 0 Å². The van der Waals surface area contributed by atoms with E-state index in [4.69, 9.17) is 28.4 Å². The molecule has 0 saturated carbocycles. The third-order valence-electron chi connectivity index (χ3n) is 3.62. The van der Waals surface area contributed by atoms with Gasteiger partial charge in [-0.15, -0.1) is 0 Å². The lowest BCUT2D eigenvalue weighted by atomic mass is 10.0. The van der Waals surface area contributed by atoms with Gasteiger partial charge in [0, 0.05) is 19.0 Å². The van der Waals surface area contributed by atoms with Gasteiger partial charge in [-0.05, 0) is 44.0 Å². The Hall–Kier alpha value is -0.770. The van der Waals surface area contributed by atoms with E-state index in [1.165, 1.54) is 12.0 Å². The summed E-state index contributed by atoms with van der Waals surface area (Å²) in [6, 6.07) is 6.25. The summed E-state index contributed by atoms with van der Waals surface area (Å²) in [6.45, 7) is 3.81. The van der Waals surface area contributed by atoms with Gasteiger partial charge in [0.1, 0.15) is 0 Å². The topological polar surface area (TPSA) is 35.8 Å². The number of halogens is 2. The highest BCUT2D eigenvalue weighted by atomic mass is 35.5. The van der Waals surface area contributed by atoms with Crippen molar-refractivity contribution < 1.29 is 5.21 Å². The maximum atomic E-state index is 8.70. The van der Waals surface area contributed by atoms with Crippen molar-refractivity contribution in [1.82, 2.24) is 4.90 Å². The van der Waals surface area contributed by atoms with Crippen LogP contribution in [0.3, 0.4) is 0 Å². The monoisotopic (exact) mass is 300 g/mol. The van der Waals surface area contributed by atoms with Gasteiger partial charge in [-0.3, -0.25) is 4.90 Å². The standard InChI is InChI=1S/C14H18Cl2N2O/c1-10(17-19)6-8-18-7-2-3-14(18)11-4-5-12(15)13(16)9-11/h4-5,9,14,19H,2-3,6-8H2,1H3/b17-10+. The molecule has 1 saturated heterocycles. The van der Waals surface area contributed by atoms with Crippen LogP contribution < -0.4 is 0 Å². The molecule has 1 unspecified atom stereocenters. The molecule has 5 heteroatoms. The number of hydrogen-bond donors (Lipinski definition) is 1. The fourth-order valence-corrected chi connectivity index (χ4v) is 2.85. The normalized spacial score (nSPS) is 21.0. The van der Waals surface area contributed by atoms with Crippen LogP contribution in [0.5, 0.6) is 0 Å². The third-order valence-corrected chi connectivity index (χ3v) is 4.36. The first-order chi connectivity index (χ1) is 9.11. The van der Waals surface area contributed by atoms with E-state index in [0.29, 0.717) is 16.1 Å². The van der Waals surface area contributed by atoms with E-state index in [0.717, 1.165) is 31.6 Å². The van der Waals surface area contributed by atoms with Gasteiger partial charge in [0.2, 0.25) is 0 Å². The Labute approximate surface area is 123 Å². The van der Waals surface area contributed by atoms with Gasteiger partial charge in [-0.2, -0.15) is 0 Å². The molecule has 0 aromatic heterocycles. The minimum Gasteiger partial charge on any atom is -0.411 e. The van der Waals surface area contributed by atoms with Crippen molar-refractivity contribution in [3.8, 4) is 0 Å². The molecule has 19 heavy (non-hydrogen) atoms. The molecule has 3 nitrogen and oxygen atoms in total. The molecule has 1 heterocycles. The van der Waals surface area contributed by atoms with Crippen molar-refractivity contribution in [1.29, 1.82) is 0 Å².